The van der Waals surface area contributed by atoms with Crippen LogP contribution >= 0.6 is 0 Å². The minimum Gasteiger partial charge on any atom is -0.394 e. The lowest BCUT2D eigenvalue weighted by Gasteiger charge is -2.21. The molecule has 0 bridgehead atoms. The summed E-state index contributed by atoms with van der Waals surface area (Å²) in [5, 5.41) is 33.1. The molecule has 4 N–H and O–H groups in total. The Hall–Kier alpha value is -1.43. The van der Waals surface area contributed by atoms with Crippen molar-refractivity contribution in [3.05, 3.63) is 36.5 Å². The Balaban J connectivity index is 3.70. The van der Waals surface area contributed by atoms with Crippen molar-refractivity contribution in [3.8, 4) is 0 Å². The van der Waals surface area contributed by atoms with Crippen LogP contribution in [0.4, 0.5) is 0 Å². The van der Waals surface area contributed by atoms with Gasteiger partial charge in [-0.1, -0.05) is 185 Å². The van der Waals surface area contributed by atoms with E-state index in [9.17, 15) is 20.1 Å². The maximum absolute atomic E-state index is 12.4. The fourth-order valence-corrected chi connectivity index (χ4v) is 6.02. The highest BCUT2D eigenvalue weighted by Gasteiger charge is 2.20. The number of allylic oxidation sites excluding steroid dienone is 5. The minimum atomic E-state index is -0.956. The summed E-state index contributed by atoms with van der Waals surface area (Å²) in [6.07, 6.45) is 45.6. The lowest BCUT2D eigenvalue weighted by atomic mass is 10.0. The molecule has 5 heteroatoms. The van der Waals surface area contributed by atoms with Gasteiger partial charge in [0.25, 0.3) is 0 Å². The first-order valence-corrected chi connectivity index (χ1v) is 20.3. The normalized spacial score (nSPS) is 14.1. The van der Waals surface area contributed by atoms with E-state index in [-0.39, 0.29) is 18.9 Å². The standard InChI is InChI=1S/C42H79NO4/c1-3-5-7-9-11-13-15-17-18-19-20-21-22-24-25-27-29-31-33-35-39(45)37-42(47)43-40(38-44)41(46)36-34-32-30-28-26-23-16-14-12-10-8-6-4-2/h12,14,26,28,34,36,39-41,44-46H,3-11,13,15-25,27,29-33,35,37-38H2,1-2H3,(H,43,47)/b14-12+,28-26+,36-34+. The van der Waals surface area contributed by atoms with Crippen molar-refractivity contribution in [1.29, 1.82) is 0 Å². The van der Waals surface area contributed by atoms with Crippen molar-refractivity contribution in [2.24, 2.45) is 0 Å². The number of amides is 1. The summed E-state index contributed by atoms with van der Waals surface area (Å²) in [6.45, 7) is 4.16. The van der Waals surface area contributed by atoms with Crippen molar-refractivity contribution in [3.63, 3.8) is 0 Å². The highest BCUT2D eigenvalue weighted by molar-refractivity contribution is 5.76. The Morgan fingerprint density at radius 1 is 0.532 bits per heavy atom. The molecule has 0 saturated carbocycles. The molecule has 0 aliphatic heterocycles. The van der Waals surface area contributed by atoms with Crippen molar-refractivity contribution < 1.29 is 20.1 Å². The summed E-state index contributed by atoms with van der Waals surface area (Å²) >= 11 is 0. The molecule has 276 valence electrons. The van der Waals surface area contributed by atoms with Crippen LogP contribution in [0.3, 0.4) is 0 Å². The predicted molar refractivity (Wildman–Crippen MR) is 204 cm³/mol. The van der Waals surface area contributed by atoms with Gasteiger partial charge in [-0.25, -0.2) is 0 Å². The molecule has 3 unspecified atom stereocenters. The average Bonchev–Trinajstić information content (AvgIpc) is 3.06. The smallest absolute Gasteiger partial charge is 0.222 e. The molecular formula is C42H79NO4. The second-order valence-corrected chi connectivity index (χ2v) is 13.9. The second-order valence-electron chi connectivity index (χ2n) is 13.9. The number of aliphatic hydroxyl groups is 3. The van der Waals surface area contributed by atoms with Gasteiger partial charge in [0.1, 0.15) is 0 Å². The molecule has 0 spiro atoms. The lowest BCUT2D eigenvalue weighted by Crippen LogP contribution is -2.45. The van der Waals surface area contributed by atoms with Crippen molar-refractivity contribution in [1.82, 2.24) is 5.32 Å². The van der Waals surface area contributed by atoms with Gasteiger partial charge in [0.2, 0.25) is 5.91 Å². The molecule has 0 saturated heterocycles. The van der Waals surface area contributed by atoms with Crippen LogP contribution in [-0.4, -0.2) is 46.1 Å². The molecule has 47 heavy (non-hydrogen) atoms. The first-order chi connectivity index (χ1) is 23.0. The zero-order valence-electron chi connectivity index (χ0n) is 31.2. The third-order valence-electron chi connectivity index (χ3n) is 9.16. The number of hydrogen-bond acceptors (Lipinski definition) is 4. The van der Waals surface area contributed by atoms with Crippen molar-refractivity contribution >= 4 is 5.91 Å². The van der Waals surface area contributed by atoms with Crippen LogP contribution in [0.15, 0.2) is 36.5 Å². The number of rotatable bonds is 36. The first kappa shape index (κ1) is 45.6. The SMILES string of the molecule is CCCCC/C=C/CC/C=C/CC/C=C/C(O)C(CO)NC(=O)CC(O)CCCCCCCCCCCCCCCCCCCCC. The number of hydrogen-bond donors (Lipinski definition) is 4. The summed E-state index contributed by atoms with van der Waals surface area (Å²) in [5.41, 5.74) is 0. The topological polar surface area (TPSA) is 89.8 Å². The van der Waals surface area contributed by atoms with E-state index in [0.29, 0.717) is 6.42 Å². The number of carbonyl (C=O) groups excluding carboxylic acids is 1. The largest absolute Gasteiger partial charge is 0.394 e. The number of nitrogens with one attached hydrogen (secondary N) is 1. The zero-order chi connectivity index (χ0) is 34.5. The van der Waals surface area contributed by atoms with E-state index >= 15 is 0 Å². The Bertz CT molecular complexity index is 734. The maximum atomic E-state index is 12.4. The Morgan fingerprint density at radius 3 is 1.36 bits per heavy atom. The highest BCUT2D eigenvalue weighted by atomic mass is 16.3. The van der Waals surface area contributed by atoms with Crippen LogP contribution in [0.2, 0.25) is 0 Å². The molecule has 0 heterocycles. The van der Waals surface area contributed by atoms with Crippen LogP contribution < -0.4 is 5.32 Å². The lowest BCUT2D eigenvalue weighted by molar-refractivity contribution is -0.124. The predicted octanol–water partition coefficient (Wildman–Crippen LogP) is 11.2. The van der Waals surface area contributed by atoms with Gasteiger partial charge >= 0.3 is 0 Å². The maximum Gasteiger partial charge on any atom is 0.222 e. The average molecular weight is 662 g/mol. The van der Waals surface area contributed by atoms with E-state index in [1.807, 2.05) is 6.08 Å². The molecule has 0 rings (SSSR count). The molecule has 0 aromatic rings. The fraction of sp³-hybridized carbons (Fsp3) is 0.833. The summed E-state index contributed by atoms with van der Waals surface area (Å²) in [5.74, 6) is -0.329. The monoisotopic (exact) mass is 662 g/mol. The molecule has 5 nitrogen and oxygen atoms in total. The molecule has 0 fully saturated rings. The van der Waals surface area contributed by atoms with Crippen LogP contribution in [0, 0.1) is 0 Å². The van der Waals surface area contributed by atoms with Gasteiger partial charge in [-0.15, -0.1) is 0 Å². The van der Waals surface area contributed by atoms with Gasteiger partial charge in [0.05, 0.1) is 31.3 Å². The van der Waals surface area contributed by atoms with E-state index in [4.69, 9.17) is 0 Å². The van der Waals surface area contributed by atoms with E-state index in [1.54, 1.807) is 6.08 Å². The van der Waals surface area contributed by atoms with Crippen molar-refractivity contribution in [2.75, 3.05) is 6.61 Å². The second kappa shape index (κ2) is 37.4. The Kier molecular flexibility index (Phi) is 36.3. The number of aliphatic hydroxyl groups excluding tert-OH is 3. The van der Waals surface area contributed by atoms with Crippen LogP contribution in [0.5, 0.6) is 0 Å². The van der Waals surface area contributed by atoms with Crippen molar-refractivity contribution in [2.45, 2.75) is 218 Å². The quantitative estimate of drug-likeness (QED) is 0.0397. The number of unbranched alkanes of at least 4 members (excludes halogenated alkanes) is 23. The zero-order valence-corrected chi connectivity index (χ0v) is 31.2. The van der Waals surface area contributed by atoms with Gasteiger partial charge in [0.15, 0.2) is 0 Å². The van der Waals surface area contributed by atoms with Gasteiger partial charge in [0, 0.05) is 0 Å². The van der Waals surface area contributed by atoms with E-state index in [2.05, 4.69) is 43.5 Å². The van der Waals surface area contributed by atoms with Gasteiger partial charge in [-0.05, 0) is 44.9 Å². The molecule has 3 atom stereocenters. The molecular weight excluding hydrogens is 582 g/mol. The van der Waals surface area contributed by atoms with Gasteiger partial charge in [-0.2, -0.15) is 0 Å². The van der Waals surface area contributed by atoms with Crippen LogP contribution in [-0.2, 0) is 4.79 Å². The van der Waals surface area contributed by atoms with E-state index in [1.165, 1.54) is 135 Å². The van der Waals surface area contributed by atoms with Gasteiger partial charge < -0.3 is 20.6 Å². The van der Waals surface area contributed by atoms with Crippen LogP contribution in [0.1, 0.15) is 200 Å². The minimum absolute atomic E-state index is 0.00467. The summed E-state index contributed by atoms with van der Waals surface area (Å²) < 4.78 is 0. The Morgan fingerprint density at radius 2 is 0.915 bits per heavy atom. The third-order valence-corrected chi connectivity index (χ3v) is 9.16. The highest BCUT2D eigenvalue weighted by Crippen LogP contribution is 2.15. The molecule has 0 radical (unpaired) electrons. The molecule has 0 aromatic carbocycles. The molecule has 0 aromatic heterocycles. The summed E-state index contributed by atoms with van der Waals surface area (Å²) in [6, 6.07) is -0.763. The summed E-state index contributed by atoms with van der Waals surface area (Å²) in [7, 11) is 0. The number of carbonyl (C=O) groups is 1. The van der Waals surface area contributed by atoms with Gasteiger partial charge in [-0.3, -0.25) is 4.79 Å². The van der Waals surface area contributed by atoms with E-state index < -0.39 is 18.2 Å². The molecule has 0 aliphatic rings. The van der Waals surface area contributed by atoms with E-state index in [0.717, 1.165) is 38.5 Å². The molecule has 0 aliphatic carbocycles. The van der Waals surface area contributed by atoms with Crippen LogP contribution in [0.25, 0.3) is 0 Å². The summed E-state index contributed by atoms with van der Waals surface area (Å²) in [4.78, 5) is 12.4. The first-order valence-electron chi connectivity index (χ1n) is 20.3. The molecule has 1 amide bonds. The Labute approximate surface area is 292 Å². The fourth-order valence-electron chi connectivity index (χ4n) is 6.02. The third kappa shape index (κ3) is 34.2.